The molecule has 0 atom stereocenters. The SMILES string of the molecule is O=C(Cc1ccncc1Cl)c1cc2ccc(-c3nccc(Nc4ccc5[nH]ncc5c4)n3)cc2[nH]1. The van der Waals surface area contributed by atoms with Gasteiger partial charge in [-0.25, -0.2) is 9.97 Å². The van der Waals surface area contributed by atoms with Crippen molar-refractivity contribution in [1.82, 2.24) is 30.1 Å². The van der Waals surface area contributed by atoms with Gasteiger partial charge in [-0.15, -0.1) is 0 Å². The molecule has 6 rings (SSSR count). The highest BCUT2D eigenvalue weighted by atomic mass is 35.5. The molecule has 0 aliphatic carbocycles. The van der Waals surface area contributed by atoms with Crippen LogP contribution in [0.4, 0.5) is 11.5 Å². The number of pyridine rings is 1. The van der Waals surface area contributed by atoms with E-state index in [1.54, 1.807) is 30.9 Å². The monoisotopic (exact) mass is 479 g/mol. The van der Waals surface area contributed by atoms with Gasteiger partial charge in [-0.2, -0.15) is 5.10 Å². The molecule has 0 aliphatic heterocycles. The zero-order chi connectivity index (χ0) is 23.8. The molecule has 3 N–H and O–H groups in total. The quantitative estimate of drug-likeness (QED) is 0.263. The van der Waals surface area contributed by atoms with Gasteiger partial charge in [0.05, 0.1) is 22.4 Å². The van der Waals surface area contributed by atoms with Crippen molar-refractivity contribution in [1.29, 1.82) is 0 Å². The first-order chi connectivity index (χ1) is 17.1. The lowest BCUT2D eigenvalue weighted by Crippen LogP contribution is -2.04. The number of aromatic amines is 2. The summed E-state index contributed by atoms with van der Waals surface area (Å²) in [7, 11) is 0. The third-order valence-corrected chi connectivity index (χ3v) is 6.10. The van der Waals surface area contributed by atoms with Crippen LogP contribution in [0.5, 0.6) is 0 Å². The Bertz CT molecular complexity index is 1710. The van der Waals surface area contributed by atoms with Crippen molar-refractivity contribution >= 4 is 50.7 Å². The lowest BCUT2D eigenvalue weighted by molar-refractivity contribution is 0.0989. The molecule has 170 valence electrons. The van der Waals surface area contributed by atoms with Gasteiger partial charge in [-0.1, -0.05) is 23.7 Å². The normalized spacial score (nSPS) is 11.2. The number of anilines is 2. The molecule has 6 aromatic rings. The predicted molar refractivity (Wildman–Crippen MR) is 136 cm³/mol. The second-order valence-electron chi connectivity index (χ2n) is 8.11. The molecule has 0 spiro atoms. The van der Waals surface area contributed by atoms with Gasteiger partial charge in [-0.05, 0) is 48.0 Å². The molecular weight excluding hydrogens is 462 g/mol. The number of hydrogen-bond donors (Lipinski definition) is 3. The Hall–Kier alpha value is -4.56. The first kappa shape index (κ1) is 21.0. The molecule has 0 saturated carbocycles. The fraction of sp³-hybridized carbons (Fsp3) is 0.0385. The number of carbonyl (C=O) groups excluding carboxylic acids is 1. The van der Waals surface area contributed by atoms with Crippen molar-refractivity contribution in [3.8, 4) is 11.4 Å². The van der Waals surface area contributed by atoms with Gasteiger partial charge >= 0.3 is 0 Å². The Balaban J connectivity index is 1.25. The molecule has 35 heavy (non-hydrogen) atoms. The van der Waals surface area contributed by atoms with Crippen molar-refractivity contribution < 1.29 is 4.79 Å². The number of ketones is 1. The molecule has 0 bridgehead atoms. The number of rotatable bonds is 6. The van der Waals surface area contributed by atoms with E-state index in [9.17, 15) is 4.79 Å². The van der Waals surface area contributed by atoms with Gasteiger partial charge in [-0.3, -0.25) is 14.9 Å². The van der Waals surface area contributed by atoms with Crippen LogP contribution in [0, 0.1) is 0 Å². The van der Waals surface area contributed by atoms with Crippen molar-refractivity contribution in [3.05, 3.63) is 95.7 Å². The van der Waals surface area contributed by atoms with Crippen molar-refractivity contribution in [2.75, 3.05) is 5.32 Å². The molecule has 9 heteroatoms. The fourth-order valence-corrected chi connectivity index (χ4v) is 4.15. The smallest absolute Gasteiger partial charge is 0.183 e. The van der Waals surface area contributed by atoms with Crippen LogP contribution in [-0.2, 0) is 6.42 Å². The maximum atomic E-state index is 12.8. The summed E-state index contributed by atoms with van der Waals surface area (Å²) in [5.74, 6) is 1.20. The van der Waals surface area contributed by atoms with Crippen LogP contribution in [0.25, 0.3) is 33.2 Å². The van der Waals surface area contributed by atoms with Gasteiger partial charge in [0.2, 0.25) is 0 Å². The first-order valence-electron chi connectivity index (χ1n) is 10.9. The van der Waals surface area contributed by atoms with Crippen LogP contribution in [0.1, 0.15) is 16.1 Å². The molecule has 0 saturated heterocycles. The van der Waals surface area contributed by atoms with Crippen molar-refractivity contribution in [2.45, 2.75) is 6.42 Å². The number of hydrogen-bond acceptors (Lipinski definition) is 6. The van der Waals surface area contributed by atoms with Crippen LogP contribution in [0.15, 0.2) is 79.4 Å². The maximum Gasteiger partial charge on any atom is 0.183 e. The minimum atomic E-state index is -0.0483. The number of nitrogens with one attached hydrogen (secondary N) is 3. The van der Waals surface area contributed by atoms with Gasteiger partial charge in [0, 0.05) is 52.6 Å². The molecule has 0 fully saturated rings. The van der Waals surface area contributed by atoms with Gasteiger partial charge < -0.3 is 10.3 Å². The van der Waals surface area contributed by atoms with E-state index in [-0.39, 0.29) is 12.2 Å². The first-order valence-corrected chi connectivity index (χ1v) is 11.3. The Morgan fingerprint density at radius 2 is 1.89 bits per heavy atom. The van der Waals surface area contributed by atoms with E-state index >= 15 is 0 Å². The molecule has 4 heterocycles. The van der Waals surface area contributed by atoms with E-state index in [0.717, 1.165) is 38.6 Å². The number of benzene rings is 2. The Kier molecular flexibility index (Phi) is 5.20. The Morgan fingerprint density at radius 3 is 2.80 bits per heavy atom. The van der Waals surface area contributed by atoms with Crippen LogP contribution in [0.2, 0.25) is 5.02 Å². The summed E-state index contributed by atoms with van der Waals surface area (Å²) in [5, 5.41) is 12.7. The minimum Gasteiger partial charge on any atom is -0.352 e. The van der Waals surface area contributed by atoms with E-state index in [0.29, 0.717) is 22.4 Å². The summed E-state index contributed by atoms with van der Waals surface area (Å²) in [5.41, 5.74) is 4.82. The van der Waals surface area contributed by atoms with E-state index < -0.39 is 0 Å². The second-order valence-corrected chi connectivity index (χ2v) is 8.52. The van der Waals surface area contributed by atoms with Crippen LogP contribution in [-0.4, -0.2) is 35.9 Å². The number of halogens is 1. The van der Waals surface area contributed by atoms with Crippen LogP contribution in [0.3, 0.4) is 0 Å². The highest BCUT2D eigenvalue weighted by Gasteiger charge is 2.14. The Labute approximate surface area is 204 Å². The molecule has 8 nitrogen and oxygen atoms in total. The van der Waals surface area contributed by atoms with Gasteiger partial charge in [0.15, 0.2) is 11.6 Å². The van der Waals surface area contributed by atoms with E-state index in [1.165, 1.54) is 0 Å². The summed E-state index contributed by atoms with van der Waals surface area (Å²) in [6.45, 7) is 0. The van der Waals surface area contributed by atoms with Crippen LogP contribution < -0.4 is 5.32 Å². The van der Waals surface area contributed by atoms with Gasteiger partial charge in [0.1, 0.15) is 5.82 Å². The third kappa shape index (κ3) is 4.22. The van der Waals surface area contributed by atoms with Crippen LogP contribution >= 0.6 is 11.6 Å². The third-order valence-electron chi connectivity index (χ3n) is 5.76. The standard InChI is InChI=1S/C26H18ClN7O/c27-20-14-28-7-5-15(20)12-24(35)23-10-16-1-2-17(11-22(16)32-23)26-29-8-6-25(33-26)31-19-3-4-21-18(9-19)13-30-34-21/h1-11,13-14,32H,12H2,(H,30,34)(H,29,31,33). The highest BCUT2D eigenvalue weighted by molar-refractivity contribution is 6.31. The number of fused-ring (bicyclic) bond motifs is 2. The largest absolute Gasteiger partial charge is 0.352 e. The average Bonchev–Trinajstić information content (AvgIpc) is 3.52. The number of nitrogens with zero attached hydrogens (tertiary/aromatic N) is 4. The number of Topliss-reactive ketones (excluding diaryl/α,β-unsaturated/α-hetero) is 1. The van der Waals surface area contributed by atoms with E-state index in [2.05, 4.69) is 35.5 Å². The van der Waals surface area contributed by atoms with Crippen molar-refractivity contribution in [2.24, 2.45) is 0 Å². The summed E-state index contributed by atoms with van der Waals surface area (Å²) in [4.78, 5) is 29.1. The molecule has 4 aromatic heterocycles. The Morgan fingerprint density at radius 1 is 0.943 bits per heavy atom. The fourth-order valence-electron chi connectivity index (χ4n) is 3.97. The molecule has 0 unspecified atom stereocenters. The summed E-state index contributed by atoms with van der Waals surface area (Å²) >= 11 is 6.16. The zero-order valence-electron chi connectivity index (χ0n) is 18.3. The number of carbonyl (C=O) groups is 1. The molecular formula is C26H18ClN7O. The number of H-pyrrole nitrogens is 2. The second kappa shape index (κ2) is 8.66. The molecule has 0 aliphatic rings. The summed E-state index contributed by atoms with van der Waals surface area (Å²) < 4.78 is 0. The minimum absolute atomic E-state index is 0.0483. The topological polar surface area (TPSA) is 112 Å². The number of aromatic nitrogens is 6. The van der Waals surface area contributed by atoms with Crippen molar-refractivity contribution in [3.63, 3.8) is 0 Å². The predicted octanol–water partition coefficient (Wildman–Crippen LogP) is 5.72. The lowest BCUT2D eigenvalue weighted by Gasteiger charge is -2.07. The average molecular weight is 480 g/mol. The lowest BCUT2D eigenvalue weighted by atomic mass is 10.1. The summed E-state index contributed by atoms with van der Waals surface area (Å²) in [6, 6.07) is 17.2. The zero-order valence-corrected chi connectivity index (χ0v) is 19.0. The van der Waals surface area contributed by atoms with E-state index in [4.69, 9.17) is 11.6 Å². The molecule has 2 aromatic carbocycles. The summed E-state index contributed by atoms with van der Waals surface area (Å²) in [6.07, 6.45) is 6.86. The maximum absolute atomic E-state index is 12.8. The molecule has 0 radical (unpaired) electrons. The molecule has 0 amide bonds. The highest BCUT2D eigenvalue weighted by Crippen LogP contribution is 2.26. The van der Waals surface area contributed by atoms with Gasteiger partial charge in [0.25, 0.3) is 0 Å². The van der Waals surface area contributed by atoms with E-state index in [1.807, 2.05) is 48.5 Å².